The number of nitrogens with one attached hydrogen (secondary N) is 2. The number of guanidine groups is 1. The van der Waals surface area contributed by atoms with Gasteiger partial charge in [0.15, 0.2) is 11.8 Å². The Bertz CT molecular complexity index is 642. The fourth-order valence-electron chi connectivity index (χ4n) is 2.28. The normalized spacial score (nSPS) is 12.7. The lowest BCUT2D eigenvalue weighted by atomic mass is 10.1. The van der Waals surface area contributed by atoms with E-state index < -0.39 is 0 Å². The predicted molar refractivity (Wildman–Crippen MR) is 119 cm³/mol. The van der Waals surface area contributed by atoms with E-state index in [4.69, 9.17) is 9.52 Å². The number of rotatable bonds is 9. The second-order valence-corrected chi connectivity index (χ2v) is 7.35. The number of hydrogen-bond donors (Lipinski definition) is 2. The molecule has 6 nitrogen and oxygen atoms in total. The van der Waals surface area contributed by atoms with Crippen molar-refractivity contribution in [1.29, 1.82) is 0 Å². The molecule has 0 aromatic carbocycles. The maximum absolute atomic E-state index is 5.27. The lowest BCUT2D eigenvalue weighted by molar-refractivity contribution is 0.368. The van der Waals surface area contributed by atoms with Gasteiger partial charge in [-0.3, -0.25) is 4.99 Å². The van der Waals surface area contributed by atoms with Crippen LogP contribution in [0.5, 0.6) is 0 Å². The molecule has 2 rings (SSSR count). The van der Waals surface area contributed by atoms with Crippen molar-refractivity contribution < 1.29 is 4.52 Å². The van der Waals surface area contributed by atoms with Crippen LogP contribution >= 0.6 is 35.3 Å². The van der Waals surface area contributed by atoms with Crippen LogP contribution in [0.2, 0.25) is 0 Å². The van der Waals surface area contributed by atoms with Crippen LogP contribution in [-0.4, -0.2) is 35.7 Å². The van der Waals surface area contributed by atoms with E-state index in [1.165, 1.54) is 4.88 Å². The smallest absolute Gasteiger partial charge is 0.226 e. The molecule has 0 fully saturated rings. The minimum atomic E-state index is 0. The summed E-state index contributed by atoms with van der Waals surface area (Å²) in [5.74, 6) is 3.08. The molecular formula is C18H30IN5OS. The summed E-state index contributed by atoms with van der Waals surface area (Å²) in [4.78, 5) is 10.5. The predicted octanol–water partition coefficient (Wildman–Crippen LogP) is 4.16. The number of aromatic nitrogens is 2. The van der Waals surface area contributed by atoms with E-state index in [0.717, 1.165) is 44.3 Å². The van der Waals surface area contributed by atoms with E-state index in [0.29, 0.717) is 17.7 Å². The van der Waals surface area contributed by atoms with Gasteiger partial charge in [-0.05, 0) is 24.8 Å². The highest BCUT2D eigenvalue weighted by Crippen LogP contribution is 2.20. The average Bonchev–Trinajstić information content (AvgIpc) is 3.27. The fourth-order valence-corrected chi connectivity index (χ4v) is 3.06. The number of aryl methyl sites for hydroxylation is 1. The molecule has 0 aliphatic heterocycles. The lowest BCUT2D eigenvalue weighted by Crippen LogP contribution is -2.38. The van der Waals surface area contributed by atoms with E-state index in [1.807, 2.05) is 0 Å². The SMILES string of the molecule is CCNC(=NCC(C)c1cccs1)NCCCc1nc(C(C)C)no1.I. The van der Waals surface area contributed by atoms with Crippen LogP contribution in [0.1, 0.15) is 62.5 Å². The third-order valence-corrected chi connectivity index (χ3v) is 4.86. The first-order chi connectivity index (χ1) is 12.1. The minimum Gasteiger partial charge on any atom is -0.357 e. The van der Waals surface area contributed by atoms with Gasteiger partial charge in [0.1, 0.15) is 0 Å². The number of nitrogens with zero attached hydrogens (tertiary/aromatic N) is 3. The van der Waals surface area contributed by atoms with Crippen LogP contribution < -0.4 is 10.6 Å². The molecule has 0 aliphatic rings. The molecular weight excluding hydrogens is 461 g/mol. The Morgan fingerprint density at radius 1 is 1.31 bits per heavy atom. The highest BCUT2D eigenvalue weighted by molar-refractivity contribution is 14.0. The summed E-state index contributed by atoms with van der Waals surface area (Å²) in [7, 11) is 0. The van der Waals surface area contributed by atoms with Gasteiger partial charge in [0.2, 0.25) is 5.89 Å². The molecule has 2 N–H and O–H groups in total. The second-order valence-electron chi connectivity index (χ2n) is 6.37. The van der Waals surface area contributed by atoms with Crippen LogP contribution in [0.4, 0.5) is 0 Å². The molecule has 2 aromatic heterocycles. The van der Waals surface area contributed by atoms with Crippen molar-refractivity contribution >= 4 is 41.3 Å². The highest BCUT2D eigenvalue weighted by atomic mass is 127. The summed E-state index contributed by atoms with van der Waals surface area (Å²) in [5.41, 5.74) is 0. The maximum atomic E-state index is 5.27. The molecule has 1 atom stereocenters. The molecule has 0 bridgehead atoms. The summed E-state index contributed by atoms with van der Waals surface area (Å²) >= 11 is 1.79. The molecule has 2 aromatic rings. The summed E-state index contributed by atoms with van der Waals surface area (Å²) in [6.45, 7) is 10.8. The number of aliphatic imine (C=N–C) groups is 1. The Morgan fingerprint density at radius 2 is 2.12 bits per heavy atom. The lowest BCUT2D eigenvalue weighted by Gasteiger charge is -2.12. The zero-order chi connectivity index (χ0) is 18.1. The second kappa shape index (κ2) is 12.3. The molecule has 26 heavy (non-hydrogen) atoms. The standard InChI is InChI=1S/C18H29N5OS.HI/c1-5-19-18(21-12-14(4)15-8-7-11-25-15)20-10-6-9-16-22-17(13(2)3)23-24-16;/h7-8,11,13-14H,5-6,9-10,12H2,1-4H3,(H2,19,20,21);1H. The van der Waals surface area contributed by atoms with E-state index in [1.54, 1.807) is 11.3 Å². The van der Waals surface area contributed by atoms with Crippen molar-refractivity contribution in [3.63, 3.8) is 0 Å². The Hall–Kier alpha value is -1.16. The van der Waals surface area contributed by atoms with E-state index in [9.17, 15) is 0 Å². The first-order valence-corrected chi connectivity index (χ1v) is 9.86. The summed E-state index contributed by atoms with van der Waals surface area (Å²) < 4.78 is 5.27. The van der Waals surface area contributed by atoms with Gasteiger partial charge in [0, 0.05) is 36.2 Å². The minimum absolute atomic E-state index is 0. The Kier molecular flexibility index (Phi) is 10.8. The van der Waals surface area contributed by atoms with Crippen molar-refractivity contribution in [3.8, 4) is 0 Å². The van der Waals surface area contributed by atoms with Gasteiger partial charge < -0.3 is 15.2 Å². The van der Waals surface area contributed by atoms with Crippen molar-refractivity contribution in [1.82, 2.24) is 20.8 Å². The summed E-state index contributed by atoms with van der Waals surface area (Å²) in [6.07, 6.45) is 1.70. The van der Waals surface area contributed by atoms with Crippen molar-refractivity contribution in [2.45, 2.75) is 52.4 Å². The molecule has 146 valence electrons. The molecule has 1 unspecified atom stereocenters. The van der Waals surface area contributed by atoms with Crippen LogP contribution in [0.3, 0.4) is 0 Å². The van der Waals surface area contributed by atoms with Gasteiger partial charge in [-0.25, -0.2) is 0 Å². The van der Waals surface area contributed by atoms with Crippen LogP contribution in [-0.2, 0) is 6.42 Å². The molecule has 0 spiro atoms. The molecule has 8 heteroatoms. The summed E-state index contributed by atoms with van der Waals surface area (Å²) in [5, 5.41) is 12.8. The highest BCUT2D eigenvalue weighted by Gasteiger charge is 2.09. The van der Waals surface area contributed by atoms with E-state index >= 15 is 0 Å². The third kappa shape index (κ3) is 7.61. The van der Waals surface area contributed by atoms with Crippen LogP contribution in [0.15, 0.2) is 27.0 Å². The number of thiophene rings is 1. The molecule has 0 radical (unpaired) electrons. The van der Waals surface area contributed by atoms with Gasteiger partial charge in [0.05, 0.1) is 6.54 Å². The molecule has 0 aliphatic carbocycles. The van der Waals surface area contributed by atoms with E-state index in [-0.39, 0.29) is 24.0 Å². The van der Waals surface area contributed by atoms with Gasteiger partial charge in [-0.2, -0.15) is 4.98 Å². The van der Waals surface area contributed by atoms with Crippen molar-refractivity contribution in [3.05, 3.63) is 34.1 Å². The zero-order valence-corrected chi connectivity index (χ0v) is 19.1. The molecule has 2 heterocycles. The first kappa shape index (κ1) is 22.9. The first-order valence-electron chi connectivity index (χ1n) is 8.98. The van der Waals surface area contributed by atoms with Crippen molar-refractivity contribution in [2.75, 3.05) is 19.6 Å². The third-order valence-electron chi connectivity index (χ3n) is 3.76. The number of hydrogen-bond acceptors (Lipinski definition) is 5. The maximum Gasteiger partial charge on any atom is 0.226 e. The van der Waals surface area contributed by atoms with Gasteiger partial charge in [-0.1, -0.05) is 32.0 Å². The number of halogens is 1. The largest absolute Gasteiger partial charge is 0.357 e. The Balaban J connectivity index is 0.00000338. The monoisotopic (exact) mass is 491 g/mol. The topological polar surface area (TPSA) is 75.3 Å². The van der Waals surface area contributed by atoms with Crippen LogP contribution in [0, 0.1) is 0 Å². The van der Waals surface area contributed by atoms with E-state index in [2.05, 4.69) is 66.0 Å². The summed E-state index contributed by atoms with van der Waals surface area (Å²) in [6, 6.07) is 4.26. The Morgan fingerprint density at radius 3 is 2.73 bits per heavy atom. The van der Waals surface area contributed by atoms with Crippen molar-refractivity contribution in [2.24, 2.45) is 4.99 Å². The zero-order valence-electron chi connectivity index (χ0n) is 16.0. The Labute approximate surface area is 177 Å². The molecule has 0 saturated carbocycles. The quantitative estimate of drug-likeness (QED) is 0.239. The molecule has 0 saturated heterocycles. The van der Waals surface area contributed by atoms with Gasteiger partial charge >= 0.3 is 0 Å². The average molecular weight is 491 g/mol. The fraction of sp³-hybridized carbons (Fsp3) is 0.611. The van der Waals surface area contributed by atoms with Gasteiger partial charge in [0.25, 0.3) is 0 Å². The van der Waals surface area contributed by atoms with Gasteiger partial charge in [-0.15, -0.1) is 35.3 Å². The van der Waals surface area contributed by atoms with Crippen LogP contribution in [0.25, 0.3) is 0 Å². The molecule has 0 amide bonds.